The van der Waals surface area contributed by atoms with Crippen molar-refractivity contribution in [1.82, 2.24) is 0 Å². The second-order valence-corrected chi connectivity index (χ2v) is 4.61. The van der Waals surface area contributed by atoms with E-state index in [1.807, 2.05) is 0 Å². The van der Waals surface area contributed by atoms with Crippen LogP contribution in [0.4, 0.5) is 4.79 Å². The molecule has 0 unspecified atom stereocenters. The lowest BCUT2D eigenvalue weighted by Gasteiger charge is -2.08. The Morgan fingerprint density at radius 2 is 1.56 bits per heavy atom. The van der Waals surface area contributed by atoms with Gasteiger partial charge >= 0.3 is 12.1 Å². The number of ether oxygens (including phenoxy) is 4. The first-order valence-electron chi connectivity index (χ1n) is 8.09. The molecule has 0 aromatic heterocycles. The molecule has 0 aliphatic rings. The van der Waals surface area contributed by atoms with E-state index in [1.54, 1.807) is 31.2 Å². The Kier molecular flexibility index (Phi) is 13.4. The van der Waals surface area contributed by atoms with E-state index in [0.717, 1.165) is 13.2 Å². The molecule has 1 rings (SSSR count). The number of ketones is 1. The fourth-order valence-electron chi connectivity index (χ4n) is 1.66. The number of carbonyl (C=O) groups excluding carboxylic acids is 3. The third kappa shape index (κ3) is 11.2. The molecular formula is C19H24O8. The molecule has 0 atom stereocenters. The summed E-state index contributed by atoms with van der Waals surface area (Å²) in [6.07, 6.45) is 0.587. The van der Waals surface area contributed by atoms with Crippen molar-refractivity contribution in [3.05, 3.63) is 48.2 Å². The fraction of sp³-hybridized carbons (Fsp3) is 0.368. The number of aliphatic hydroxyl groups excluding tert-OH is 1. The van der Waals surface area contributed by atoms with Gasteiger partial charge in [0.15, 0.2) is 5.78 Å². The number of aliphatic hydroxyl groups is 1. The second kappa shape index (κ2) is 15.2. The first kappa shape index (κ1) is 23.9. The van der Waals surface area contributed by atoms with Crippen molar-refractivity contribution in [1.29, 1.82) is 0 Å². The Bertz CT molecular complexity index is 630. The van der Waals surface area contributed by atoms with Crippen molar-refractivity contribution in [3.8, 4) is 5.75 Å². The molecule has 0 fully saturated rings. The standard InChI is InChI=1S/C18H20O7.CH4O/c1-3-5-17(20)23-11-13-25-18(21)24-12-10-22-15-8-6-14(7-9-15)16(19)4-2;1-2/h5-9H,1,4,10-13H2,2H3;2H,1H3. The number of Topliss-reactive ketones (excluding diaryl/α,β-unsaturated/α-hetero) is 1. The van der Waals surface area contributed by atoms with Crippen LogP contribution in [-0.4, -0.2) is 56.6 Å². The highest BCUT2D eigenvalue weighted by Crippen LogP contribution is 2.13. The Hall–Kier alpha value is -3.09. The second-order valence-electron chi connectivity index (χ2n) is 4.61. The van der Waals surface area contributed by atoms with E-state index in [0.29, 0.717) is 17.7 Å². The zero-order chi connectivity index (χ0) is 20.5. The lowest BCUT2D eigenvalue weighted by Crippen LogP contribution is -2.16. The molecular weight excluding hydrogens is 356 g/mol. The molecule has 1 aromatic carbocycles. The van der Waals surface area contributed by atoms with Crippen LogP contribution in [0.25, 0.3) is 0 Å². The number of hydrogen-bond donors (Lipinski definition) is 1. The molecule has 8 nitrogen and oxygen atoms in total. The van der Waals surface area contributed by atoms with Crippen molar-refractivity contribution >= 4 is 17.9 Å². The molecule has 0 saturated carbocycles. The molecule has 0 bridgehead atoms. The molecule has 0 heterocycles. The summed E-state index contributed by atoms with van der Waals surface area (Å²) in [6.45, 7) is 4.93. The lowest BCUT2D eigenvalue weighted by atomic mass is 10.1. The smallest absolute Gasteiger partial charge is 0.490 e. The first-order valence-corrected chi connectivity index (χ1v) is 8.09. The van der Waals surface area contributed by atoms with Gasteiger partial charge in [0.2, 0.25) is 0 Å². The zero-order valence-electron chi connectivity index (χ0n) is 15.4. The normalized spacial score (nSPS) is 9.00. The summed E-state index contributed by atoms with van der Waals surface area (Å²) in [5.74, 6) is 0.00246. The molecule has 0 radical (unpaired) electrons. The highest BCUT2D eigenvalue weighted by Gasteiger charge is 2.06. The van der Waals surface area contributed by atoms with Crippen LogP contribution < -0.4 is 4.74 Å². The maximum Gasteiger partial charge on any atom is 0.508 e. The SMILES string of the molecule is C=C=CC(=O)OCCOC(=O)OCCOc1ccc(C(=O)CC)cc1.CO. The molecule has 0 spiro atoms. The van der Waals surface area contributed by atoms with Crippen LogP contribution in [0.2, 0.25) is 0 Å². The summed E-state index contributed by atoms with van der Waals surface area (Å²) < 4.78 is 19.5. The van der Waals surface area contributed by atoms with Gasteiger partial charge in [-0.05, 0) is 24.3 Å². The number of rotatable bonds is 10. The van der Waals surface area contributed by atoms with E-state index >= 15 is 0 Å². The lowest BCUT2D eigenvalue weighted by molar-refractivity contribution is -0.139. The van der Waals surface area contributed by atoms with Crippen LogP contribution in [0.15, 0.2) is 42.7 Å². The van der Waals surface area contributed by atoms with Gasteiger partial charge in [-0.25, -0.2) is 9.59 Å². The van der Waals surface area contributed by atoms with Gasteiger partial charge in [0.25, 0.3) is 0 Å². The number of benzene rings is 1. The van der Waals surface area contributed by atoms with Crippen molar-refractivity contribution in [3.63, 3.8) is 0 Å². The molecule has 0 aliphatic carbocycles. The van der Waals surface area contributed by atoms with Crippen LogP contribution in [0.1, 0.15) is 23.7 Å². The van der Waals surface area contributed by atoms with Crippen LogP contribution in [0.5, 0.6) is 5.75 Å². The van der Waals surface area contributed by atoms with Gasteiger partial charge < -0.3 is 24.1 Å². The molecule has 27 heavy (non-hydrogen) atoms. The minimum Gasteiger partial charge on any atom is -0.490 e. The highest BCUT2D eigenvalue weighted by molar-refractivity contribution is 5.95. The van der Waals surface area contributed by atoms with Crippen LogP contribution in [-0.2, 0) is 19.0 Å². The Morgan fingerprint density at radius 1 is 1.00 bits per heavy atom. The third-order valence-electron chi connectivity index (χ3n) is 2.84. The van der Waals surface area contributed by atoms with Gasteiger partial charge in [0.1, 0.15) is 32.2 Å². The van der Waals surface area contributed by atoms with E-state index in [4.69, 9.17) is 19.3 Å². The predicted octanol–water partition coefficient (Wildman–Crippen LogP) is 2.30. The van der Waals surface area contributed by atoms with Gasteiger partial charge in [-0.1, -0.05) is 13.5 Å². The van der Waals surface area contributed by atoms with E-state index in [-0.39, 0.29) is 32.2 Å². The maximum absolute atomic E-state index is 11.5. The average Bonchev–Trinajstić information content (AvgIpc) is 2.70. The summed E-state index contributed by atoms with van der Waals surface area (Å²) in [5.41, 5.74) is 2.89. The topological polar surface area (TPSA) is 108 Å². The molecule has 0 aliphatic heterocycles. The van der Waals surface area contributed by atoms with Crippen molar-refractivity contribution in [2.75, 3.05) is 33.5 Å². The minimum atomic E-state index is -0.886. The Morgan fingerprint density at radius 3 is 2.11 bits per heavy atom. The summed E-state index contributed by atoms with van der Waals surface area (Å²) in [5, 5.41) is 7.00. The van der Waals surface area contributed by atoms with Gasteiger partial charge in [-0.15, -0.1) is 5.73 Å². The Balaban J connectivity index is 0.00000326. The fourth-order valence-corrected chi connectivity index (χ4v) is 1.66. The molecule has 0 amide bonds. The summed E-state index contributed by atoms with van der Waals surface area (Å²) in [6, 6.07) is 6.71. The molecule has 0 saturated heterocycles. The van der Waals surface area contributed by atoms with Crippen LogP contribution in [0.3, 0.4) is 0 Å². The summed E-state index contributed by atoms with van der Waals surface area (Å²) in [7, 11) is 1.00. The molecule has 1 aromatic rings. The van der Waals surface area contributed by atoms with E-state index in [9.17, 15) is 14.4 Å². The van der Waals surface area contributed by atoms with Crippen LogP contribution in [0, 0.1) is 0 Å². The largest absolute Gasteiger partial charge is 0.508 e. The zero-order valence-corrected chi connectivity index (χ0v) is 15.4. The number of hydrogen-bond acceptors (Lipinski definition) is 8. The molecule has 8 heteroatoms. The average molecular weight is 380 g/mol. The Labute approximate surface area is 158 Å². The molecule has 1 N–H and O–H groups in total. The summed E-state index contributed by atoms with van der Waals surface area (Å²) in [4.78, 5) is 33.7. The monoisotopic (exact) mass is 380 g/mol. The molecule has 148 valence electrons. The van der Waals surface area contributed by atoms with Gasteiger partial charge in [-0.3, -0.25) is 4.79 Å². The highest BCUT2D eigenvalue weighted by atomic mass is 16.7. The third-order valence-corrected chi connectivity index (χ3v) is 2.84. The quantitative estimate of drug-likeness (QED) is 0.217. The van der Waals surface area contributed by atoms with E-state index in [1.165, 1.54) is 0 Å². The maximum atomic E-state index is 11.5. The van der Waals surface area contributed by atoms with Gasteiger partial charge in [0, 0.05) is 19.1 Å². The number of carbonyl (C=O) groups is 3. The van der Waals surface area contributed by atoms with Gasteiger partial charge in [-0.2, -0.15) is 0 Å². The number of esters is 1. The summed E-state index contributed by atoms with van der Waals surface area (Å²) >= 11 is 0. The van der Waals surface area contributed by atoms with E-state index in [2.05, 4.69) is 17.0 Å². The van der Waals surface area contributed by atoms with Gasteiger partial charge in [0.05, 0.1) is 6.08 Å². The van der Waals surface area contributed by atoms with Crippen molar-refractivity contribution in [2.24, 2.45) is 0 Å². The predicted molar refractivity (Wildman–Crippen MR) is 96.7 cm³/mol. The van der Waals surface area contributed by atoms with E-state index < -0.39 is 12.1 Å². The van der Waals surface area contributed by atoms with Crippen LogP contribution >= 0.6 is 0 Å². The first-order chi connectivity index (χ1) is 13.1. The van der Waals surface area contributed by atoms with Crippen molar-refractivity contribution in [2.45, 2.75) is 13.3 Å². The van der Waals surface area contributed by atoms with Crippen molar-refractivity contribution < 1.29 is 38.4 Å². The minimum absolute atomic E-state index is 0.00648.